The maximum atomic E-state index is 13.3. The van der Waals surface area contributed by atoms with Crippen molar-refractivity contribution in [3.05, 3.63) is 84.5 Å². The van der Waals surface area contributed by atoms with Gasteiger partial charge in [0.05, 0.1) is 11.5 Å². The number of rotatable bonds is 2. The second kappa shape index (κ2) is 5.70. The maximum absolute atomic E-state index is 13.3. The standard InChI is InChI=1S/C19H16F3N/c20-19(21,22)17-8-4-5-13-18(17,23)16-11-9-15(10-12-16)14-6-2-1-3-7-14/h1-13,17H,23H2. The molecule has 3 rings (SSSR count). The Morgan fingerprint density at radius 1 is 0.826 bits per heavy atom. The number of hydrogen-bond acceptors (Lipinski definition) is 1. The molecule has 0 spiro atoms. The van der Waals surface area contributed by atoms with Crippen LogP contribution in [0.15, 0.2) is 78.9 Å². The van der Waals surface area contributed by atoms with Gasteiger partial charge in [-0.15, -0.1) is 0 Å². The molecule has 0 radical (unpaired) electrons. The van der Waals surface area contributed by atoms with Crippen LogP contribution in [-0.4, -0.2) is 6.18 Å². The monoisotopic (exact) mass is 315 g/mol. The minimum absolute atomic E-state index is 0.445. The lowest BCUT2D eigenvalue weighted by Crippen LogP contribution is -2.49. The van der Waals surface area contributed by atoms with E-state index in [0.717, 1.165) is 17.2 Å². The molecule has 0 aromatic heterocycles. The van der Waals surface area contributed by atoms with Gasteiger partial charge in [-0.05, 0) is 16.7 Å². The van der Waals surface area contributed by atoms with Gasteiger partial charge < -0.3 is 5.73 Å². The summed E-state index contributed by atoms with van der Waals surface area (Å²) in [6.07, 6.45) is 1.09. The van der Waals surface area contributed by atoms with Gasteiger partial charge in [0, 0.05) is 0 Å². The zero-order valence-corrected chi connectivity index (χ0v) is 12.3. The maximum Gasteiger partial charge on any atom is 0.397 e. The highest BCUT2D eigenvalue weighted by Crippen LogP contribution is 2.42. The molecule has 0 aliphatic heterocycles. The molecule has 2 aromatic carbocycles. The largest absolute Gasteiger partial charge is 0.397 e. The van der Waals surface area contributed by atoms with Crippen molar-refractivity contribution in [2.45, 2.75) is 11.7 Å². The highest BCUT2D eigenvalue weighted by molar-refractivity contribution is 5.64. The third-order valence-corrected chi connectivity index (χ3v) is 4.15. The van der Waals surface area contributed by atoms with E-state index in [1.165, 1.54) is 12.2 Å². The van der Waals surface area contributed by atoms with E-state index in [0.29, 0.717) is 5.56 Å². The third-order valence-electron chi connectivity index (χ3n) is 4.15. The average Bonchev–Trinajstić information content (AvgIpc) is 2.55. The van der Waals surface area contributed by atoms with Gasteiger partial charge in [0.1, 0.15) is 0 Å². The summed E-state index contributed by atoms with van der Waals surface area (Å²) in [7, 11) is 0. The first-order valence-corrected chi connectivity index (χ1v) is 7.29. The van der Waals surface area contributed by atoms with Crippen molar-refractivity contribution in [3.63, 3.8) is 0 Å². The van der Waals surface area contributed by atoms with Gasteiger partial charge in [0.15, 0.2) is 0 Å². The molecule has 1 aliphatic rings. The van der Waals surface area contributed by atoms with Crippen LogP contribution in [0.4, 0.5) is 13.2 Å². The quantitative estimate of drug-likeness (QED) is 0.845. The van der Waals surface area contributed by atoms with Crippen molar-refractivity contribution in [2.24, 2.45) is 11.7 Å². The predicted molar refractivity (Wildman–Crippen MR) is 85.6 cm³/mol. The fourth-order valence-corrected chi connectivity index (χ4v) is 2.89. The number of alkyl halides is 3. The Balaban J connectivity index is 1.98. The molecule has 1 nitrogen and oxygen atoms in total. The van der Waals surface area contributed by atoms with Crippen molar-refractivity contribution in [3.8, 4) is 11.1 Å². The summed E-state index contributed by atoms with van der Waals surface area (Å²) in [5.41, 5.74) is 6.96. The predicted octanol–water partition coefficient (Wildman–Crippen LogP) is 4.81. The smallest absolute Gasteiger partial charge is 0.317 e. The molecule has 2 aromatic rings. The lowest BCUT2D eigenvalue weighted by molar-refractivity contribution is -0.174. The first-order valence-electron chi connectivity index (χ1n) is 7.29. The molecule has 23 heavy (non-hydrogen) atoms. The minimum atomic E-state index is -4.39. The van der Waals surface area contributed by atoms with Crippen molar-refractivity contribution >= 4 is 0 Å². The number of benzene rings is 2. The Labute approximate surface area is 132 Å². The first kappa shape index (κ1) is 15.6. The Morgan fingerprint density at radius 3 is 2.04 bits per heavy atom. The zero-order chi connectivity index (χ0) is 16.5. The number of allylic oxidation sites excluding steroid dienone is 2. The van der Waals surface area contributed by atoms with Gasteiger partial charge in [0.25, 0.3) is 0 Å². The number of nitrogens with two attached hydrogens (primary N) is 1. The Morgan fingerprint density at radius 2 is 1.43 bits per heavy atom. The highest BCUT2D eigenvalue weighted by Gasteiger charge is 2.50. The van der Waals surface area contributed by atoms with E-state index in [1.54, 1.807) is 30.3 Å². The van der Waals surface area contributed by atoms with Crippen LogP contribution < -0.4 is 5.73 Å². The topological polar surface area (TPSA) is 26.0 Å². The van der Waals surface area contributed by atoms with Crippen LogP contribution in [0.2, 0.25) is 0 Å². The van der Waals surface area contributed by atoms with E-state index in [1.807, 2.05) is 30.3 Å². The van der Waals surface area contributed by atoms with Gasteiger partial charge in [-0.3, -0.25) is 0 Å². The number of halogens is 3. The summed E-state index contributed by atoms with van der Waals surface area (Å²) >= 11 is 0. The SMILES string of the molecule is NC1(c2ccc(-c3ccccc3)cc2)C=CC=CC1C(F)(F)F. The summed E-state index contributed by atoms with van der Waals surface area (Å²) in [5.74, 6) is -1.73. The van der Waals surface area contributed by atoms with Crippen LogP contribution in [0.3, 0.4) is 0 Å². The molecule has 0 bridgehead atoms. The molecule has 0 heterocycles. The Hall–Kier alpha value is -2.33. The van der Waals surface area contributed by atoms with Gasteiger partial charge in [-0.25, -0.2) is 0 Å². The molecule has 0 saturated heterocycles. The molecular formula is C19H16F3N. The summed E-state index contributed by atoms with van der Waals surface area (Å²) in [6, 6.07) is 16.6. The molecule has 0 amide bonds. The summed E-state index contributed by atoms with van der Waals surface area (Å²) < 4.78 is 39.9. The van der Waals surface area contributed by atoms with Crippen molar-refractivity contribution < 1.29 is 13.2 Å². The zero-order valence-electron chi connectivity index (χ0n) is 12.3. The first-order chi connectivity index (χ1) is 10.9. The fraction of sp³-hybridized carbons (Fsp3) is 0.158. The summed E-state index contributed by atoms with van der Waals surface area (Å²) in [5, 5.41) is 0. The minimum Gasteiger partial charge on any atom is -0.317 e. The van der Waals surface area contributed by atoms with Gasteiger partial charge >= 0.3 is 6.18 Å². The molecule has 0 saturated carbocycles. The van der Waals surface area contributed by atoms with Crippen LogP contribution in [0, 0.1) is 5.92 Å². The second-order valence-electron chi connectivity index (χ2n) is 5.64. The molecular weight excluding hydrogens is 299 g/mol. The molecule has 2 unspecified atom stereocenters. The van der Waals surface area contributed by atoms with Crippen molar-refractivity contribution in [1.82, 2.24) is 0 Å². The van der Waals surface area contributed by atoms with E-state index in [2.05, 4.69) is 0 Å². The normalized spacial score (nSPS) is 23.9. The van der Waals surface area contributed by atoms with E-state index >= 15 is 0 Å². The van der Waals surface area contributed by atoms with Crippen LogP contribution in [-0.2, 0) is 5.54 Å². The third kappa shape index (κ3) is 2.94. The summed E-state index contributed by atoms with van der Waals surface area (Å²) in [6.45, 7) is 0. The molecule has 0 fully saturated rings. The van der Waals surface area contributed by atoms with Crippen LogP contribution >= 0.6 is 0 Å². The lowest BCUT2D eigenvalue weighted by Gasteiger charge is -2.36. The fourth-order valence-electron chi connectivity index (χ4n) is 2.89. The Bertz CT molecular complexity index is 729. The van der Waals surface area contributed by atoms with Crippen LogP contribution in [0.1, 0.15) is 5.56 Å². The highest BCUT2D eigenvalue weighted by atomic mass is 19.4. The summed E-state index contributed by atoms with van der Waals surface area (Å²) in [4.78, 5) is 0. The van der Waals surface area contributed by atoms with E-state index in [9.17, 15) is 13.2 Å². The lowest BCUT2D eigenvalue weighted by atomic mass is 9.75. The van der Waals surface area contributed by atoms with Crippen molar-refractivity contribution in [2.75, 3.05) is 0 Å². The molecule has 4 heteroatoms. The molecule has 118 valence electrons. The molecule has 2 N–H and O–H groups in total. The second-order valence-corrected chi connectivity index (χ2v) is 5.64. The Kier molecular flexibility index (Phi) is 3.86. The van der Waals surface area contributed by atoms with Gasteiger partial charge in [0.2, 0.25) is 0 Å². The molecule has 1 aliphatic carbocycles. The van der Waals surface area contributed by atoms with E-state index < -0.39 is 17.6 Å². The molecule has 2 atom stereocenters. The van der Waals surface area contributed by atoms with Crippen LogP contribution in [0.25, 0.3) is 11.1 Å². The van der Waals surface area contributed by atoms with Gasteiger partial charge in [-0.1, -0.05) is 78.9 Å². The average molecular weight is 315 g/mol. The number of hydrogen-bond donors (Lipinski definition) is 1. The van der Waals surface area contributed by atoms with E-state index in [4.69, 9.17) is 5.73 Å². The van der Waals surface area contributed by atoms with Gasteiger partial charge in [-0.2, -0.15) is 13.2 Å². The van der Waals surface area contributed by atoms with E-state index in [-0.39, 0.29) is 0 Å². The van der Waals surface area contributed by atoms with Crippen LogP contribution in [0.5, 0.6) is 0 Å². The van der Waals surface area contributed by atoms with Crippen molar-refractivity contribution in [1.29, 1.82) is 0 Å².